The lowest BCUT2D eigenvalue weighted by Crippen LogP contribution is -2.26. The molecule has 2 rings (SSSR count). The summed E-state index contributed by atoms with van der Waals surface area (Å²) >= 11 is 6.14. The van der Waals surface area contributed by atoms with Crippen LogP contribution in [0, 0.1) is 5.41 Å². The van der Waals surface area contributed by atoms with E-state index in [1.54, 1.807) is 12.1 Å². The van der Waals surface area contributed by atoms with Gasteiger partial charge < -0.3 is 4.74 Å². The van der Waals surface area contributed by atoms with Crippen LogP contribution in [0.15, 0.2) is 36.4 Å². The van der Waals surface area contributed by atoms with E-state index < -0.39 is 0 Å². The molecular formula is C16H17ClO2. The molecular weight excluding hydrogens is 260 g/mol. The molecule has 0 aliphatic heterocycles. The first-order valence-corrected chi connectivity index (χ1v) is 6.61. The van der Waals surface area contributed by atoms with Gasteiger partial charge in [-0.05, 0) is 12.1 Å². The molecule has 0 radical (unpaired) electrons. The summed E-state index contributed by atoms with van der Waals surface area (Å²) in [7, 11) is 0. The van der Waals surface area contributed by atoms with Crippen molar-refractivity contribution in [2.75, 3.05) is 6.61 Å². The monoisotopic (exact) mass is 276 g/mol. The molecule has 100 valence electrons. The van der Waals surface area contributed by atoms with Gasteiger partial charge in [0.1, 0.15) is 12.4 Å². The van der Waals surface area contributed by atoms with E-state index in [-0.39, 0.29) is 17.8 Å². The van der Waals surface area contributed by atoms with Gasteiger partial charge in [-0.25, -0.2) is 0 Å². The molecule has 0 amide bonds. The topological polar surface area (TPSA) is 26.3 Å². The maximum Gasteiger partial charge on any atom is 0.175 e. The Morgan fingerprint density at radius 3 is 2.37 bits per heavy atom. The van der Waals surface area contributed by atoms with Gasteiger partial charge in [0, 0.05) is 21.2 Å². The fraction of sp³-hybridized carbons (Fsp3) is 0.312. The molecule has 0 N–H and O–H groups in total. The zero-order valence-electron chi connectivity index (χ0n) is 11.4. The van der Waals surface area contributed by atoms with Crippen molar-refractivity contribution in [2.45, 2.75) is 20.8 Å². The Bertz CT molecular complexity index is 612. The molecule has 0 aromatic heterocycles. The van der Waals surface area contributed by atoms with Crippen molar-refractivity contribution in [1.29, 1.82) is 0 Å². The molecule has 0 atom stereocenters. The van der Waals surface area contributed by atoms with Crippen LogP contribution in [-0.2, 0) is 4.79 Å². The molecule has 0 spiro atoms. The van der Waals surface area contributed by atoms with E-state index in [0.717, 1.165) is 10.8 Å². The summed E-state index contributed by atoms with van der Waals surface area (Å²) in [4.78, 5) is 11.9. The van der Waals surface area contributed by atoms with Gasteiger partial charge in [-0.15, -0.1) is 0 Å². The maximum atomic E-state index is 11.9. The highest BCUT2D eigenvalue weighted by Crippen LogP contribution is 2.31. The summed E-state index contributed by atoms with van der Waals surface area (Å²) < 4.78 is 5.65. The molecule has 3 heteroatoms. The number of ether oxygens (including phenoxy) is 1. The normalized spacial score (nSPS) is 11.6. The predicted molar refractivity (Wildman–Crippen MR) is 78.9 cm³/mol. The molecule has 0 saturated carbocycles. The Hall–Kier alpha value is -1.54. The summed E-state index contributed by atoms with van der Waals surface area (Å²) in [6.07, 6.45) is 0. The lowest BCUT2D eigenvalue weighted by Gasteiger charge is -2.17. The molecule has 2 aromatic carbocycles. The number of hydrogen-bond acceptors (Lipinski definition) is 2. The number of hydrogen-bond donors (Lipinski definition) is 0. The number of Topliss-reactive ketones (excluding diaryl/α,β-unsaturated/α-hetero) is 1. The standard InChI is InChI=1S/C16H17ClO2/c1-16(2,3)15(18)10-19-14-9-8-13(17)11-6-4-5-7-12(11)14/h4-9H,10H2,1-3H3. The molecule has 0 aliphatic rings. The summed E-state index contributed by atoms with van der Waals surface area (Å²) in [5.41, 5.74) is -0.387. The zero-order valence-corrected chi connectivity index (χ0v) is 12.1. The summed E-state index contributed by atoms with van der Waals surface area (Å²) in [6, 6.07) is 11.3. The molecule has 2 aromatic rings. The second kappa shape index (κ2) is 5.22. The average Bonchev–Trinajstić information content (AvgIpc) is 2.37. The third-order valence-corrected chi connectivity index (χ3v) is 3.36. The van der Waals surface area contributed by atoms with Crippen molar-refractivity contribution in [1.82, 2.24) is 0 Å². The van der Waals surface area contributed by atoms with Crippen molar-refractivity contribution in [2.24, 2.45) is 5.41 Å². The largest absolute Gasteiger partial charge is 0.485 e. The molecule has 19 heavy (non-hydrogen) atoms. The molecule has 0 saturated heterocycles. The highest BCUT2D eigenvalue weighted by atomic mass is 35.5. The second-order valence-electron chi connectivity index (χ2n) is 5.55. The number of fused-ring (bicyclic) bond motifs is 1. The van der Waals surface area contributed by atoms with Gasteiger partial charge in [-0.3, -0.25) is 4.79 Å². The fourth-order valence-electron chi connectivity index (χ4n) is 1.72. The highest BCUT2D eigenvalue weighted by Gasteiger charge is 2.21. The van der Waals surface area contributed by atoms with E-state index in [1.807, 2.05) is 45.0 Å². The van der Waals surface area contributed by atoms with Gasteiger partial charge in [0.15, 0.2) is 5.78 Å². The molecule has 2 nitrogen and oxygen atoms in total. The molecule has 0 bridgehead atoms. The van der Waals surface area contributed by atoms with Crippen molar-refractivity contribution in [3.63, 3.8) is 0 Å². The van der Waals surface area contributed by atoms with Crippen LogP contribution in [0.3, 0.4) is 0 Å². The van der Waals surface area contributed by atoms with E-state index >= 15 is 0 Å². The van der Waals surface area contributed by atoms with Crippen LogP contribution in [0.1, 0.15) is 20.8 Å². The van der Waals surface area contributed by atoms with Crippen molar-refractivity contribution < 1.29 is 9.53 Å². The number of halogens is 1. The first-order valence-electron chi connectivity index (χ1n) is 6.23. The first kappa shape index (κ1) is 13.9. The second-order valence-corrected chi connectivity index (χ2v) is 5.96. The number of ketones is 1. The Morgan fingerprint density at radius 1 is 1.11 bits per heavy atom. The van der Waals surface area contributed by atoms with E-state index in [4.69, 9.17) is 16.3 Å². The van der Waals surface area contributed by atoms with E-state index in [1.165, 1.54) is 0 Å². The van der Waals surface area contributed by atoms with E-state index in [0.29, 0.717) is 10.8 Å². The van der Waals surface area contributed by atoms with Crippen molar-refractivity contribution >= 4 is 28.2 Å². The summed E-state index contributed by atoms with van der Waals surface area (Å²) in [5.74, 6) is 0.768. The summed E-state index contributed by atoms with van der Waals surface area (Å²) in [5, 5.41) is 2.55. The van der Waals surface area contributed by atoms with Crippen molar-refractivity contribution in [3.05, 3.63) is 41.4 Å². The molecule has 0 heterocycles. The predicted octanol–water partition coefficient (Wildman–Crippen LogP) is 4.49. The van der Waals surface area contributed by atoms with Crippen LogP contribution in [0.4, 0.5) is 0 Å². The van der Waals surface area contributed by atoms with Crippen LogP contribution < -0.4 is 4.74 Å². The van der Waals surface area contributed by atoms with Gasteiger partial charge >= 0.3 is 0 Å². The van der Waals surface area contributed by atoms with E-state index in [9.17, 15) is 4.79 Å². The first-order chi connectivity index (χ1) is 8.89. The van der Waals surface area contributed by atoms with Crippen LogP contribution in [0.5, 0.6) is 5.75 Å². The average molecular weight is 277 g/mol. The molecule has 0 aliphatic carbocycles. The lowest BCUT2D eigenvalue weighted by molar-refractivity contribution is -0.128. The smallest absolute Gasteiger partial charge is 0.175 e. The number of carbonyl (C=O) groups excluding carboxylic acids is 1. The van der Waals surface area contributed by atoms with Gasteiger partial charge in [0.05, 0.1) is 0 Å². The van der Waals surface area contributed by atoms with Gasteiger partial charge in [0.25, 0.3) is 0 Å². The van der Waals surface area contributed by atoms with Crippen LogP contribution in [0.2, 0.25) is 5.02 Å². The third-order valence-electron chi connectivity index (χ3n) is 3.03. The van der Waals surface area contributed by atoms with Gasteiger partial charge in [-0.1, -0.05) is 56.6 Å². The fourth-order valence-corrected chi connectivity index (χ4v) is 1.95. The Morgan fingerprint density at radius 2 is 1.74 bits per heavy atom. The minimum Gasteiger partial charge on any atom is -0.485 e. The lowest BCUT2D eigenvalue weighted by atomic mass is 9.91. The molecule has 0 unspecified atom stereocenters. The quantitative estimate of drug-likeness (QED) is 0.826. The van der Waals surface area contributed by atoms with Gasteiger partial charge in [-0.2, -0.15) is 0 Å². The number of benzene rings is 2. The minimum absolute atomic E-state index is 0.0755. The van der Waals surface area contributed by atoms with E-state index in [2.05, 4.69) is 0 Å². The third kappa shape index (κ3) is 3.07. The van der Waals surface area contributed by atoms with Crippen molar-refractivity contribution in [3.8, 4) is 5.75 Å². The van der Waals surface area contributed by atoms with Gasteiger partial charge in [0.2, 0.25) is 0 Å². The number of rotatable bonds is 3. The van der Waals surface area contributed by atoms with Crippen LogP contribution in [0.25, 0.3) is 10.8 Å². The highest BCUT2D eigenvalue weighted by molar-refractivity contribution is 6.35. The SMILES string of the molecule is CC(C)(C)C(=O)COc1ccc(Cl)c2ccccc12. The number of carbonyl (C=O) groups is 1. The van der Waals surface area contributed by atoms with Crippen LogP contribution >= 0.6 is 11.6 Å². The van der Waals surface area contributed by atoms with Crippen LogP contribution in [-0.4, -0.2) is 12.4 Å². The Labute approximate surface area is 118 Å². The molecule has 0 fully saturated rings. The minimum atomic E-state index is -0.387. The Balaban J connectivity index is 2.27. The summed E-state index contributed by atoms with van der Waals surface area (Å²) in [6.45, 7) is 5.74. The maximum absolute atomic E-state index is 11.9. The Kier molecular flexibility index (Phi) is 3.81. The zero-order chi connectivity index (χ0) is 14.0.